The lowest BCUT2D eigenvalue weighted by Gasteiger charge is -2.14. The number of nitrogens with one attached hydrogen (secondary N) is 1. The smallest absolute Gasteiger partial charge is 0.316 e. The van der Waals surface area contributed by atoms with Crippen LogP contribution in [0.3, 0.4) is 0 Å². The molecule has 3 rings (SSSR count). The van der Waals surface area contributed by atoms with Gasteiger partial charge in [0.1, 0.15) is 0 Å². The van der Waals surface area contributed by atoms with Crippen molar-refractivity contribution in [3.05, 3.63) is 35.4 Å². The minimum absolute atomic E-state index is 0.0929. The Balaban J connectivity index is 1.94. The first-order valence-electron chi connectivity index (χ1n) is 5.90. The minimum atomic E-state index is -4.23. The topological polar surface area (TPSA) is 12.0 Å². The fourth-order valence-electron chi connectivity index (χ4n) is 3.08. The van der Waals surface area contributed by atoms with Gasteiger partial charge in [-0.3, -0.25) is 0 Å². The quantitative estimate of drug-likeness (QED) is 0.796. The molecule has 0 unspecified atom stereocenters. The highest BCUT2D eigenvalue weighted by Gasteiger charge is 2.57. The summed E-state index contributed by atoms with van der Waals surface area (Å²) in [7, 11) is 0. The number of hydrogen-bond donors (Lipinski definition) is 1. The van der Waals surface area contributed by atoms with Crippen LogP contribution in [0.25, 0.3) is 0 Å². The van der Waals surface area contributed by atoms with E-state index in [1.54, 1.807) is 12.1 Å². The summed E-state index contributed by atoms with van der Waals surface area (Å²) in [6.45, 7) is 1.80. The van der Waals surface area contributed by atoms with E-state index in [-0.39, 0.29) is 11.3 Å². The van der Waals surface area contributed by atoms with Crippen molar-refractivity contribution in [3.63, 3.8) is 0 Å². The molecule has 92 valence electrons. The molecule has 1 aliphatic carbocycles. The van der Waals surface area contributed by atoms with Gasteiger partial charge in [-0.15, -0.1) is 0 Å². The predicted molar refractivity (Wildman–Crippen MR) is 58.7 cm³/mol. The van der Waals surface area contributed by atoms with E-state index in [4.69, 9.17) is 0 Å². The van der Waals surface area contributed by atoms with Crippen LogP contribution in [0.15, 0.2) is 24.3 Å². The Hall–Kier alpha value is -1.03. The molecule has 4 heteroatoms. The van der Waals surface area contributed by atoms with E-state index in [2.05, 4.69) is 5.32 Å². The van der Waals surface area contributed by atoms with E-state index in [1.807, 2.05) is 0 Å². The molecule has 1 nitrogen and oxygen atoms in total. The zero-order valence-corrected chi connectivity index (χ0v) is 9.35. The van der Waals surface area contributed by atoms with Crippen molar-refractivity contribution in [2.75, 3.05) is 13.1 Å². The van der Waals surface area contributed by atoms with Crippen LogP contribution < -0.4 is 5.32 Å². The largest absolute Gasteiger partial charge is 0.416 e. The predicted octanol–water partition coefficient (Wildman–Crippen LogP) is 3.17. The van der Waals surface area contributed by atoms with Crippen molar-refractivity contribution in [1.82, 2.24) is 5.32 Å². The monoisotopic (exact) mass is 241 g/mol. The van der Waals surface area contributed by atoms with Gasteiger partial charge in [-0.05, 0) is 42.3 Å². The van der Waals surface area contributed by atoms with Crippen molar-refractivity contribution in [2.45, 2.75) is 24.9 Å². The first-order chi connectivity index (χ1) is 8.03. The van der Waals surface area contributed by atoms with Gasteiger partial charge in [-0.1, -0.05) is 18.2 Å². The summed E-state index contributed by atoms with van der Waals surface area (Å²) < 4.78 is 38.7. The summed E-state index contributed by atoms with van der Waals surface area (Å²) in [4.78, 5) is 0. The highest BCUT2D eigenvalue weighted by Crippen LogP contribution is 2.63. The van der Waals surface area contributed by atoms with Gasteiger partial charge in [-0.2, -0.15) is 13.2 Å². The second kappa shape index (κ2) is 3.48. The first kappa shape index (κ1) is 11.1. The fraction of sp³-hybridized carbons (Fsp3) is 0.538. The van der Waals surface area contributed by atoms with Gasteiger partial charge < -0.3 is 5.32 Å². The van der Waals surface area contributed by atoms with Gasteiger partial charge in [0.25, 0.3) is 0 Å². The molecule has 1 saturated carbocycles. The first-order valence-corrected chi connectivity index (χ1v) is 5.90. The second-order valence-electron chi connectivity index (χ2n) is 5.13. The van der Waals surface area contributed by atoms with Gasteiger partial charge in [0.05, 0.1) is 5.56 Å². The van der Waals surface area contributed by atoms with E-state index >= 15 is 0 Å². The highest BCUT2D eigenvalue weighted by molar-refractivity contribution is 5.39. The van der Waals surface area contributed by atoms with E-state index < -0.39 is 11.7 Å². The molecule has 1 aromatic carbocycles. The molecule has 0 amide bonds. The maximum atomic E-state index is 12.9. The Bertz CT molecular complexity index is 433. The molecule has 1 N–H and O–H groups in total. The number of benzene rings is 1. The van der Waals surface area contributed by atoms with Crippen molar-refractivity contribution in [2.24, 2.45) is 5.41 Å². The SMILES string of the molecule is FC(F)(F)c1ccccc1[C@H]1C[C@@]12CCNC2. The van der Waals surface area contributed by atoms with Crippen LogP contribution >= 0.6 is 0 Å². The Morgan fingerprint density at radius 3 is 2.65 bits per heavy atom. The molecule has 1 aliphatic heterocycles. The van der Waals surface area contributed by atoms with E-state index in [0.29, 0.717) is 5.56 Å². The van der Waals surface area contributed by atoms with Crippen LogP contribution in [0, 0.1) is 5.41 Å². The summed E-state index contributed by atoms with van der Waals surface area (Å²) in [5.74, 6) is 0.0929. The molecule has 0 radical (unpaired) electrons. The third-order valence-corrected chi connectivity index (χ3v) is 4.11. The van der Waals surface area contributed by atoms with Crippen LogP contribution in [0.2, 0.25) is 0 Å². The van der Waals surface area contributed by atoms with E-state index in [0.717, 1.165) is 25.9 Å². The van der Waals surface area contributed by atoms with Crippen molar-refractivity contribution >= 4 is 0 Å². The van der Waals surface area contributed by atoms with Gasteiger partial charge in [-0.25, -0.2) is 0 Å². The zero-order chi connectivity index (χ0) is 12.1. The number of hydrogen-bond acceptors (Lipinski definition) is 1. The lowest BCUT2D eigenvalue weighted by Crippen LogP contribution is -2.13. The average Bonchev–Trinajstić information content (AvgIpc) is 2.75. The molecule has 2 fully saturated rings. The molecular weight excluding hydrogens is 227 g/mol. The summed E-state index contributed by atoms with van der Waals surface area (Å²) >= 11 is 0. The Morgan fingerprint density at radius 1 is 1.24 bits per heavy atom. The molecular formula is C13H14F3N. The molecule has 0 aromatic heterocycles. The van der Waals surface area contributed by atoms with Crippen molar-refractivity contribution in [3.8, 4) is 0 Å². The fourth-order valence-corrected chi connectivity index (χ4v) is 3.08. The van der Waals surface area contributed by atoms with Crippen LogP contribution in [0.1, 0.15) is 29.9 Å². The minimum Gasteiger partial charge on any atom is -0.316 e. The number of rotatable bonds is 1. The van der Waals surface area contributed by atoms with Gasteiger partial charge in [0.2, 0.25) is 0 Å². The van der Waals surface area contributed by atoms with Crippen LogP contribution in [-0.4, -0.2) is 13.1 Å². The molecule has 1 spiro atoms. The highest BCUT2D eigenvalue weighted by atomic mass is 19.4. The summed E-state index contributed by atoms with van der Waals surface area (Å²) in [6, 6.07) is 6.01. The second-order valence-corrected chi connectivity index (χ2v) is 5.13. The summed E-state index contributed by atoms with van der Waals surface area (Å²) in [5, 5.41) is 3.25. The molecule has 2 atom stereocenters. The Morgan fingerprint density at radius 2 is 2.00 bits per heavy atom. The average molecular weight is 241 g/mol. The number of halogens is 3. The van der Waals surface area contributed by atoms with Gasteiger partial charge >= 0.3 is 6.18 Å². The molecule has 1 saturated heterocycles. The van der Waals surface area contributed by atoms with Gasteiger partial charge in [0, 0.05) is 6.54 Å². The van der Waals surface area contributed by atoms with E-state index in [9.17, 15) is 13.2 Å². The Kier molecular flexibility index (Phi) is 2.27. The lowest BCUT2D eigenvalue weighted by molar-refractivity contribution is -0.138. The van der Waals surface area contributed by atoms with Gasteiger partial charge in [0.15, 0.2) is 0 Å². The lowest BCUT2D eigenvalue weighted by atomic mass is 9.95. The maximum Gasteiger partial charge on any atom is 0.416 e. The standard InChI is InChI=1S/C13H14F3N/c14-13(15,16)10-4-2-1-3-9(10)11-7-12(11)5-6-17-8-12/h1-4,11,17H,5-8H2/t11-,12-/m1/s1. The van der Waals surface area contributed by atoms with E-state index in [1.165, 1.54) is 12.1 Å². The van der Waals surface area contributed by atoms with Crippen LogP contribution in [0.5, 0.6) is 0 Å². The molecule has 1 heterocycles. The van der Waals surface area contributed by atoms with Crippen molar-refractivity contribution in [1.29, 1.82) is 0 Å². The molecule has 17 heavy (non-hydrogen) atoms. The number of alkyl halides is 3. The Labute approximate surface area is 98.0 Å². The van der Waals surface area contributed by atoms with Crippen molar-refractivity contribution < 1.29 is 13.2 Å². The third kappa shape index (κ3) is 1.75. The molecule has 0 bridgehead atoms. The normalized spacial score (nSPS) is 32.1. The summed E-state index contributed by atoms with van der Waals surface area (Å²) in [6.07, 6.45) is -2.33. The third-order valence-electron chi connectivity index (χ3n) is 4.11. The summed E-state index contributed by atoms with van der Waals surface area (Å²) in [5.41, 5.74) is 0.152. The van der Waals surface area contributed by atoms with Crippen LogP contribution in [-0.2, 0) is 6.18 Å². The molecule has 2 aliphatic rings. The molecule has 1 aromatic rings. The maximum absolute atomic E-state index is 12.9. The van der Waals surface area contributed by atoms with Crippen LogP contribution in [0.4, 0.5) is 13.2 Å². The zero-order valence-electron chi connectivity index (χ0n) is 9.35.